The molecule has 0 aromatic heterocycles. The van der Waals surface area contributed by atoms with Gasteiger partial charge in [-0.1, -0.05) is 60.7 Å². The van der Waals surface area contributed by atoms with E-state index in [1.165, 1.54) is 12.5 Å². The molecule has 3 rings (SSSR count). The molecule has 3 nitrogen and oxygen atoms in total. The lowest BCUT2D eigenvalue weighted by Crippen LogP contribution is -2.31. The fraction of sp³-hybridized carbons (Fsp3) is 0.300. The molecule has 1 saturated heterocycles. The topological polar surface area (TPSA) is 37.4 Å². The number of amides is 1. The standard InChI is InChI=1S/C20H21NO2/c1-15(22)19-18(17-10-6-3-7-11-17)14-21(20(19)23)13-12-16-8-4-2-5-9-16/h2-11,18-19H,12-14H2,1H3/t18-,19-/m1/s1. The number of hydrogen-bond donors (Lipinski definition) is 0. The van der Waals surface area contributed by atoms with E-state index in [-0.39, 0.29) is 17.6 Å². The van der Waals surface area contributed by atoms with Gasteiger partial charge in [0.25, 0.3) is 0 Å². The number of hydrogen-bond acceptors (Lipinski definition) is 2. The number of rotatable bonds is 5. The van der Waals surface area contributed by atoms with Gasteiger partial charge in [0.15, 0.2) is 0 Å². The van der Waals surface area contributed by atoms with Gasteiger partial charge in [-0.3, -0.25) is 9.59 Å². The molecular weight excluding hydrogens is 286 g/mol. The highest BCUT2D eigenvalue weighted by Crippen LogP contribution is 2.34. The molecule has 23 heavy (non-hydrogen) atoms. The molecule has 0 bridgehead atoms. The number of ketones is 1. The molecule has 0 unspecified atom stereocenters. The lowest BCUT2D eigenvalue weighted by Gasteiger charge is -2.16. The molecule has 1 amide bonds. The van der Waals surface area contributed by atoms with Crippen LogP contribution in [0.4, 0.5) is 0 Å². The summed E-state index contributed by atoms with van der Waals surface area (Å²) in [6, 6.07) is 20.0. The first-order valence-corrected chi connectivity index (χ1v) is 8.05. The summed E-state index contributed by atoms with van der Waals surface area (Å²) in [7, 11) is 0. The van der Waals surface area contributed by atoms with Crippen LogP contribution in [-0.4, -0.2) is 29.7 Å². The minimum Gasteiger partial charge on any atom is -0.341 e. The largest absolute Gasteiger partial charge is 0.341 e. The van der Waals surface area contributed by atoms with Crippen LogP contribution in [0, 0.1) is 5.92 Å². The third kappa shape index (κ3) is 3.34. The Kier molecular flexibility index (Phi) is 4.56. The van der Waals surface area contributed by atoms with E-state index in [0.29, 0.717) is 13.1 Å². The SMILES string of the molecule is CC(=O)[C@H]1C(=O)N(CCc2ccccc2)C[C@@H]1c1ccccc1. The fourth-order valence-electron chi connectivity index (χ4n) is 3.37. The number of nitrogens with zero attached hydrogens (tertiary/aromatic N) is 1. The second kappa shape index (κ2) is 6.78. The zero-order valence-corrected chi connectivity index (χ0v) is 13.3. The molecule has 0 saturated carbocycles. The molecule has 0 N–H and O–H groups in total. The van der Waals surface area contributed by atoms with Crippen molar-refractivity contribution < 1.29 is 9.59 Å². The van der Waals surface area contributed by atoms with E-state index < -0.39 is 5.92 Å². The molecule has 0 spiro atoms. The summed E-state index contributed by atoms with van der Waals surface area (Å²) in [4.78, 5) is 26.5. The Labute approximate surface area is 136 Å². The molecule has 0 aliphatic carbocycles. The molecule has 1 aliphatic heterocycles. The van der Waals surface area contributed by atoms with E-state index in [0.717, 1.165) is 12.0 Å². The van der Waals surface area contributed by atoms with Gasteiger partial charge in [0.05, 0.1) is 0 Å². The summed E-state index contributed by atoms with van der Waals surface area (Å²) in [5, 5.41) is 0. The normalized spacial score (nSPS) is 20.7. The Hall–Kier alpha value is -2.42. The molecule has 1 fully saturated rings. The molecule has 1 aliphatic rings. The highest BCUT2D eigenvalue weighted by atomic mass is 16.2. The summed E-state index contributed by atoms with van der Waals surface area (Å²) in [5.41, 5.74) is 2.28. The van der Waals surface area contributed by atoms with E-state index in [1.807, 2.05) is 53.4 Å². The number of likely N-dealkylation sites (tertiary alicyclic amines) is 1. The number of carbonyl (C=O) groups excluding carboxylic acids is 2. The van der Waals surface area contributed by atoms with Crippen molar-refractivity contribution in [3.63, 3.8) is 0 Å². The van der Waals surface area contributed by atoms with Crippen molar-refractivity contribution in [1.82, 2.24) is 4.90 Å². The van der Waals surface area contributed by atoms with Crippen LogP contribution in [0.2, 0.25) is 0 Å². The van der Waals surface area contributed by atoms with E-state index >= 15 is 0 Å². The lowest BCUT2D eigenvalue weighted by molar-refractivity contribution is -0.136. The second-order valence-corrected chi connectivity index (χ2v) is 6.13. The van der Waals surface area contributed by atoms with Gasteiger partial charge in [-0.2, -0.15) is 0 Å². The molecule has 2 atom stereocenters. The van der Waals surface area contributed by atoms with Crippen molar-refractivity contribution in [3.8, 4) is 0 Å². The predicted octanol–water partition coefficient (Wildman–Crippen LogP) is 3.06. The van der Waals surface area contributed by atoms with Crippen LogP contribution in [0.3, 0.4) is 0 Å². The molecule has 1 heterocycles. The highest BCUT2D eigenvalue weighted by molar-refractivity contribution is 6.03. The summed E-state index contributed by atoms with van der Waals surface area (Å²) >= 11 is 0. The Bertz CT molecular complexity index is 681. The molecule has 0 radical (unpaired) electrons. The monoisotopic (exact) mass is 307 g/mol. The van der Waals surface area contributed by atoms with Gasteiger partial charge < -0.3 is 4.90 Å². The Morgan fingerprint density at radius 1 is 1.04 bits per heavy atom. The summed E-state index contributed by atoms with van der Waals surface area (Å²) in [5.74, 6) is -0.626. The summed E-state index contributed by atoms with van der Waals surface area (Å²) in [6.07, 6.45) is 0.818. The molecule has 3 heteroatoms. The third-order valence-corrected chi connectivity index (χ3v) is 4.58. The predicted molar refractivity (Wildman–Crippen MR) is 90.1 cm³/mol. The van der Waals surface area contributed by atoms with E-state index in [2.05, 4.69) is 12.1 Å². The quantitative estimate of drug-likeness (QED) is 0.796. The van der Waals surface area contributed by atoms with E-state index in [9.17, 15) is 9.59 Å². The van der Waals surface area contributed by atoms with Gasteiger partial charge in [0.2, 0.25) is 5.91 Å². The van der Waals surface area contributed by atoms with E-state index in [1.54, 1.807) is 0 Å². The average molecular weight is 307 g/mol. The summed E-state index contributed by atoms with van der Waals surface area (Å²) < 4.78 is 0. The Balaban J connectivity index is 1.75. The van der Waals surface area contributed by atoms with Crippen LogP contribution in [0.1, 0.15) is 24.0 Å². The van der Waals surface area contributed by atoms with Gasteiger partial charge in [0, 0.05) is 19.0 Å². The van der Waals surface area contributed by atoms with Gasteiger partial charge in [-0.15, -0.1) is 0 Å². The lowest BCUT2D eigenvalue weighted by atomic mass is 9.86. The molecule has 2 aromatic carbocycles. The maximum absolute atomic E-state index is 12.7. The summed E-state index contributed by atoms with van der Waals surface area (Å²) in [6.45, 7) is 2.81. The van der Waals surface area contributed by atoms with Crippen molar-refractivity contribution in [2.24, 2.45) is 5.92 Å². The molecule has 118 valence electrons. The Morgan fingerprint density at radius 3 is 2.26 bits per heavy atom. The van der Waals surface area contributed by atoms with Crippen molar-refractivity contribution in [2.45, 2.75) is 19.3 Å². The highest BCUT2D eigenvalue weighted by Gasteiger charge is 2.43. The van der Waals surface area contributed by atoms with Crippen LogP contribution in [0.15, 0.2) is 60.7 Å². The first-order valence-electron chi connectivity index (χ1n) is 8.05. The minimum atomic E-state index is -0.534. The van der Waals surface area contributed by atoms with Gasteiger partial charge in [-0.05, 0) is 24.5 Å². The van der Waals surface area contributed by atoms with Crippen LogP contribution >= 0.6 is 0 Å². The molecular formula is C20H21NO2. The van der Waals surface area contributed by atoms with Crippen molar-refractivity contribution in [3.05, 3.63) is 71.8 Å². The third-order valence-electron chi connectivity index (χ3n) is 4.58. The smallest absolute Gasteiger partial charge is 0.233 e. The number of Topliss-reactive ketones (excluding diaryl/α,β-unsaturated/α-hetero) is 1. The first kappa shape index (κ1) is 15.5. The van der Waals surface area contributed by atoms with Crippen molar-refractivity contribution in [1.29, 1.82) is 0 Å². The number of carbonyl (C=O) groups is 2. The van der Waals surface area contributed by atoms with Gasteiger partial charge >= 0.3 is 0 Å². The zero-order valence-electron chi connectivity index (χ0n) is 13.3. The van der Waals surface area contributed by atoms with Gasteiger partial charge in [-0.25, -0.2) is 0 Å². The average Bonchev–Trinajstić information content (AvgIpc) is 2.91. The number of benzene rings is 2. The van der Waals surface area contributed by atoms with Crippen molar-refractivity contribution >= 4 is 11.7 Å². The van der Waals surface area contributed by atoms with Crippen molar-refractivity contribution in [2.75, 3.05) is 13.1 Å². The van der Waals surface area contributed by atoms with E-state index in [4.69, 9.17) is 0 Å². The van der Waals surface area contributed by atoms with Gasteiger partial charge in [0.1, 0.15) is 11.7 Å². The zero-order chi connectivity index (χ0) is 16.2. The minimum absolute atomic E-state index is 0.0257. The van der Waals surface area contributed by atoms with Crippen LogP contribution in [0.25, 0.3) is 0 Å². The maximum Gasteiger partial charge on any atom is 0.233 e. The molecule has 2 aromatic rings. The van der Waals surface area contributed by atoms with Crippen LogP contribution < -0.4 is 0 Å². The second-order valence-electron chi connectivity index (χ2n) is 6.13. The fourth-order valence-corrected chi connectivity index (χ4v) is 3.37. The van der Waals surface area contributed by atoms with Crippen LogP contribution in [0.5, 0.6) is 0 Å². The first-order chi connectivity index (χ1) is 11.2. The Morgan fingerprint density at radius 2 is 1.65 bits per heavy atom. The maximum atomic E-state index is 12.7. The van der Waals surface area contributed by atoms with Crippen LogP contribution in [-0.2, 0) is 16.0 Å².